The second-order valence-corrected chi connectivity index (χ2v) is 5.10. The van der Waals surface area contributed by atoms with Gasteiger partial charge in [-0.05, 0) is 24.1 Å². The minimum atomic E-state index is -0.852. The van der Waals surface area contributed by atoms with Gasteiger partial charge in [-0.2, -0.15) is 0 Å². The summed E-state index contributed by atoms with van der Waals surface area (Å²) in [6.45, 7) is 1.92. The van der Waals surface area contributed by atoms with Gasteiger partial charge in [0.25, 0.3) is 0 Å². The normalized spacial score (nSPS) is 10.8. The van der Waals surface area contributed by atoms with Crippen LogP contribution in [-0.2, 0) is 25.9 Å². The highest BCUT2D eigenvalue weighted by atomic mass is 17.2. The Bertz CT molecular complexity index is 495. The second-order valence-electron chi connectivity index (χ2n) is 5.10. The van der Waals surface area contributed by atoms with E-state index in [9.17, 15) is 15.0 Å². The first-order chi connectivity index (χ1) is 11.6. The minimum absolute atomic E-state index is 0.0502. The Morgan fingerprint density at radius 2 is 1.96 bits per heavy atom. The molecule has 0 bridgehead atoms. The van der Waals surface area contributed by atoms with Crippen molar-refractivity contribution in [1.82, 2.24) is 0 Å². The summed E-state index contributed by atoms with van der Waals surface area (Å²) >= 11 is 0. The number of carboxylic acids is 1. The Kier molecular flexibility index (Phi) is 9.78. The molecule has 0 fully saturated rings. The van der Waals surface area contributed by atoms with Gasteiger partial charge in [0, 0.05) is 31.3 Å². The molecule has 0 aliphatic carbocycles. The number of carbonyl (C=O) groups is 1. The molecule has 136 valence electrons. The van der Waals surface area contributed by atoms with Gasteiger partial charge < -0.3 is 25.0 Å². The quantitative estimate of drug-likeness (QED) is 0.278. The molecule has 0 saturated heterocycles. The van der Waals surface area contributed by atoms with E-state index in [1.807, 2.05) is 4.90 Å². The topological polar surface area (TPSA) is 109 Å². The standard InChI is InChI=1S/C16H25NO7/c1-22-24-8-7-23-6-5-17(4-2-3-16(20)21)14-9-13(12-18)10-15(19)11-14/h9-11,18-19H,2-8,12H2,1H3,(H,20,21). The molecule has 0 aliphatic rings. The van der Waals surface area contributed by atoms with Crippen molar-refractivity contribution < 1.29 is 34.6 Å². The van der Waals surface area contributed by atoms with Crippen molar-refractivity contribution in [1.29, 1.82) is 0 Å². The van der Waals surface area contributed by atoms with Gasteiger partial charge >= 0.3 is 5.97 Å². The number of aliphatic hydroxyl groups is 1. The van der Waals surface area contributed by atoms with Gasteiger partial charge in [0.1, 0.15) is 12.4 Å². The number of benzene rings is 1. The number of phenols is 1. The molecule has 0 amide bonds. The molecule has 0 unspecified atom stereocenters. The van der Waals surface area contributed by atoms with E-state index in [2.05, 4.69) is 4.89 Å². The highest BCUT2D eigenvalue weighted by molar-refractivity contribution is 5.66. The second kappa shape index (κ2) is 11.6. The fourth-order valence-corrected chi connectivity index (χ4v) is 2.17. The Morgan fingerprint density at radius 1 is 1.17 bits per heavy atom. The number of aromatic hydroxyl groups is 1. The first-order valence-corrected chi connectivity index (χ1v) is 7.70. The highest BCUT2D eigenvalue weighted by Gasteiger charge is 2.10. The summed E-state index contributed by atoms with van der Waals surface area (Å²) in [5.74, 6) is -0.802. The van der Waals surface area contributed by atoms with Crippen molar-refractivity contribution in [3.8, 4) is 5.75 Å². The lowest BCUT2D eigenvalue weighted by Crippen LogP contribution is -2.29. The Morgan fingerprint density at radius 3 is 2.62 bits per heavy atom. The van der Waals surface area contributed by atoms with Crippen molar-refractivity contribution in [3.05, 3.63) is 23.8 Å². The van der Waals surface area contributed by atoms with Crippen LogP contribution in [0.2, 0.25) is 0 Å². The van der Waals surface area contributed by atoms with Gasteiger partial charge in [-0.1, -0.05) is 0 Å². The molecule has 1 aromatic carbocycles. The monoisotopic (exact) mass is 343 g/mol. The summed E-state index contributed by atoms with van der Waals surface area (Å²) in [6.07, 6.45) is 0.525. The number of hydrogen-bond acceptors (Lipinski definition) is 7. The molecular formula is C16H25NO7. The largest absolute Gasteiger partial charge is 0.508 e. The third-order valence-corrected chi connectivity index (χ3v) is 3.26. The van der Waals surface area contributed by atoms with E-state index >= 15 is 0 Å². The minimum Gasteiger partial charge on any atom is -0.508 e. The zero-order valence-electron chi connectivity index (χ0n) is 13.8. The lowest BCUT2D eigenvalue weighted by atomic mass is 10.1. The molecule has 24 heavy (non-hydrogen) atoms. The average Bonchev–Trinajstić information content (AvgIpc) is 2.55. The van der Waals surface area contributed by atoms with Crippen LogP contribution in [0.25, 0.3) is 0 Å². The highest BCUT2D eigenvalue weighted by Crippen LogP contribution is 2.23. The van der Waals surface area contributed by atoms with Gasteiger partial charge in [0.15, 0.2) is 0 Å². The van der Waals surface area contributed by atoms with E-state index < -0.39 is 5.97 Å². The number of aliphatic hydroxyl groups excluding tert-OH is 1. The van der Waals surface area contributed by atoms with E-state index in [1.165, 1.54) is 13.2 Å². The average molecular weight is 343 g/mol. The molecule has 0 radical (unpaired) electrons. The Labute approximate surface area is 141 Å². The van der Waals surface area contributed by atoms with E-state index in [-0.39, 0.29) is 18.8 Å². The third-order valence-electron chi connectivity index (χ3n) is 3.26. The maximum absolute atomic E-state index is 10.7. The Hall–Kier alpha value is -1.87. The fraction of sp³-hybridized carbons (Fsp3) is 0.562. The summed E-state index contributed by atoms with van der Waals surface area (Å²) < 4.78 is 5.43. The summed E-state index contributed by atoms with van der Waals surface area (Å²) in [7, 11) is 1.42. The number of nitrogens with zero attached hydrogens (tertiary/aromatic N) is 1. The fourth-order valence-electron chi connectivity index (χ4n) is 2.17. The molecule has 3 N–H and O–H groups in total. The van der Waals surface area contributed by atoms with Gasteiger partial charge in [-0.15, -0.1) is 0 Å². The van der Waals surface area contributed by atoms with E-state index in [0.29, 0.717) is 50.6 Å². The van der Waals surface area contributed by atoms with Crippen LogP contribution in [0.1, 0.15) is 18.4 Å². The molecular weight excluding hydrogens is 318 g/mol. The summed E-state index contributed by atoms with van der Waals surface area (Å²) in [4.78, 5) is 21.8. The lowest BCUT2D eigenvalue weighted by Gasteiger charge is -2.25. The van der Waals surface area contributed by atoms with E-state index in [4.69, 9.17) is 14.7 Å². The van der Waals surface area contributed by atoms with Gasteiger partial charge in [0.2, 0.25) is 0 Å². The van der Waals surface area contributed by atoms with Crippen LogP contribution in [0, 0.1) is 0 Å². The van der Waals surface area contributed by atoms with Crippen LogP contribution in [0.3, 0.4) is 0 Å². The molecule has 0 heterocycles. The van der Waals surface area contributed by atoms with Crippen molar-refractivity contribution in [2.45, 2.75) is 19.4 Å². The number of anilines is 1. The summed E-state index contributed by atoms with van der Waals surface area (Å²) in [5, 5.41) is 27.8. The van der Waals surface area contributed by atoms with Gasteiger partial charge in [0.05, 0.1) is 26.9 Å². The number of ether oxygens (including phenoxy) is 1. The van der Waals surface area contributed by atoms with Crippen LogP contribution in [-0.4, -0.2) is 61.3 Å². The molecule has 8 heteroatoms. The van der Waals surface area contributed by atoms with Gasteiger partial charge in [-0.25, -0.2) is 9.78 Å². The third kappa shape index (κ3) is 8.11. The first kappa shape index (κ1) is 20.2. The van der Waals surface area contributed by atoms with E-state index in [1.54, 1.807) is 12.1 Å². The zero-order chi connectivity index (χ0) is 17.8. The molecule has 1 rings (SSSR count). The van der Waals surface area contributed by atoms with Crippen LogP contribution in [0.5, 0.6) is 5.75 Å². The van der Waals surface area contributed by atoms with Crippen LogP contribution in [0.15, 0.2) is 18.2 Å². The van der Waals surface area contributed by atoms with Crippen molar-refractivity contribution in [3.63, 3.8) is 0 Å². The maximum atomic E-state index is 10.7. The lowest BCUT2D eigenvalue weighted by molar-refractivity contribution is -0.277. The predicted molar refractivity (Wildman–Crippen MR) is 86.9 cm³/mol. The van der Waals surface area contributed by atoms with Crippen LogP contribution >= 0.6 is 0 Å². The van der Waals surface area contributed by atoms with Crippen molar-refractivity contribution in [2.75, 3.05) is 44.9 Å². The Balaban J connectivity index is 2.63. The van der Waals surface area contributed by atoms with Crippen molar-refractivity contribution >= 4 is 11.7 Å². The number of rotatable bonds is 13. The molecule has 0 aliphatic heterocycles. The molecule has 0 atom stereocenters. The summed E-state index contributed by atoms with van der Waals surface area (Å²) in [5.41, 5.74) is 1.30. The number of hydrogen-bond donors (Lipinski definition) is 3. The number of phenolic OH excluding ortho intramolecular Hbond substituents is 1. The predicted octanol–water partition coefficient (Wildman–Crippen LogP) is 1.15. The molecule has 0 saturated carbocycles. The molecule has 0 aromatic heterocycles. The van der Waals surface area contributed by atoms with Crippen LogP contribution in [0.4, 0.5) is 5.69 Å². The van der Waals surface area contributed by atoms with Crippen LogP contribution < -0.4 is 4.90 Å². The summed E-state index contributed by atoms with van der Waals surface area (Å²) in [6, 6.07) is 4.82. The smallest absolute Gasteiger partial charge is 0.303 e. The molecule has 8 nitrogen and oxygen atoms in total. The maximum Gasteiger partial charge on any atom is 0.303 e. The van der Waals surface area contributed by atoms with Gasteiger partial charge in [-0.3, -0.25) is 4.79 Å². The number of aliphatic carboxylic acids is 1. The number of carboxylic acid groups (broad SMARTS) is 1. The zero-order valence-corrected chi connectivity index (χ0v) is 13.8. The molecule has 0 spiro atoms. The SMILES string of the molecule is COOCCOCCN(CCCC(=O)O)c1cc(O)cc(CO)c1. The molecule has 1 aromatic rings. The first-order valence-electron chi connectivity index (χ1n) is 7.70. The van der Waals surface area contributed by atoms with Crippen molar-refractivity contribution in [2.24, 2.45) is 0 Å². The van der Waals surface area contributed by atoms with E-state index in [0.717, 1.165) is 0 Å².